The number of hydrogen-bond acceptors (Lipinski definition) is 0. The molecule has 0 nitrogen and oxygen atoms in total. The van der Waals surface area contributed by atoms with E-state index in [2.05, 4.69) is 371 Å². The van der Waals surface area contributed by atoms with Crippen LogP contribution in [0.1, 0.15) is 0 Å². The van der Waals surface area contributed by atoms with Gasteiger partial charge in [0.2, 0.25) is 0 Å². The first-order valence-corrected chi connectivity index (χ1v) is 37.7. The van der Waals surface area contributed by atoms with Crippen LogP contribution < -0.4 is 63.7 Å². The van der Waals surface area contributed by atoms with Crippen molar-refractivity contribution in [2.45, 2.75) is 0 Å². The van der Waals surface area contributed by atoms with E-state index in [-0.39, 0.29) is 0 Å². The maximum atomic E-state index is 2.86. The first-order chi connectivity index (χ1) is 38.1. The van der Waals surface area contributed by atoms with Crippen molar-refractivity contribution < 1.29 is 0 Å². The van der Waals surface area contributed by atoms with Gasteiger partial charge in [-0.15, -0.1) is 0 Å². The maximum absolute atomic E-state index is 5.27. The summed E-state index contributed by atoms with van der Waals surface area (Å²) in [5.74, 6) is -10.5. The Morgan fingerprint density at radius 3 is 0.532 bits per heavy atom. The molecule has 0 aromatic heterocycles. The van der Waals surface area contributed by atoms with Gasteiger partial charge in [0.15, 0.2) is 0 Å². The van der Waals surface area contributed by atoms with Gasteiger partial charge in [0.05, 0.1) is 0 Å². The molecule has 0 spiro atoms. The average molecular weight is 1060 g/mol. The third-order valence-electron chi connectivity index (χ3n) is 17.3. The molecule has 0 aliphatic rings. The van der Waals surface area contributed by atoms with Crippen LogP contribution in [0.25, 0.3) is 0 Å². The summed E-state index contributed by atoms with van der Waals surface area (Å²) in [4.78, 5) is 0. The van der Waals surface area contributed by atoms with Gasteiger partial charge in [-0.2, -0.15) is 0 Å². The van der Waals surface area contributed by atoms with Crippen molar-refractivity contribution in [3.63, 3.8) is 0 Å². The van der Waals surface area contributed by atoms with Gasteiger partial charge < -0.3 is 0 Å². The second kappa shape index (κ2) is 20.1. The van der Waals surface area contributed by atoms with E-state index in [0.29, 0.717) is 0 Å². The molecule has 0 bridgehead atoms. The molecule has 0 N–H and O–H groups in total. The fraction of sp³-hybridized carbons (Fsp3) is 0.0137. The van der Waals surface area contributed by atoms with Crippen LogP contribution in [0.2, 0.25) is 0 Å². The molecule has 0 atom stereocenters. The van der Waals surface area contributed by atoms with Crippen LogP contribution in [0.5, 0.6) is 0 Å². The van der Waals surface area contributed by atoms with E-state index in [1.165, 1.54) is 63.7 Å². The van der Waals surface area contributed by atoms with Gasteiger partial charge in [-0.05, 0) is 0 Å². The average Bonchev–Trinajstić information content (AvgIpc) is 3.38. The Kier molecular flexibility index (Phi) is 13.1. The van der Waals surface area contributed by atoms with Gasteiger partial charge in [0, 0.05) is 0 Å². The molecule has 0 saturated carbocycles. The van der Waals surface area contributed by atoms with Crippen molar-refractivity contribution in [2.75, 3.05) is 6.66 Å². The van der Waals surface area contributed by atoms with Crippen LogP contribution in [0.4, 0.5) is 0 Å². The van der Waals surface area contributed by atoms with Crippen molar-refractivity contribution in [1.29, 1.82) is 0 Å². The van der Waals surface area contributed by atoms with Crippen LogP contribution in [-0.2, 0) is 0 Å². The summed E-state index contributed by atoms with van der Waals surface area (Å²) in [5.41, 5.74) is 0. The SMILES string of the molecule is CP(c1ccccc1)(c1ccccc1)(c1ccccc1)P(c1ccccc1)(c1ccccc1)(c1ccccc1)P(c1ccccc1)(c1ccccc1)(c1ccccc1)[P+](c1ccccc1)(c1ccccc1)c1ccccc1. The van der Waals surface area contributed by atoms with E-state index in [1.54, 1.807) is 0 Å². The van der Waals surface area contributed by atoms with Crippen molar-refractivity contribution in [3.05, 3.63) is 364 Å². The van der Waals surface area contributed by atoms with Crippen molar-refractivity contribution in [2.24, 2.45) is 0 Å². The predicted octanol–water partition coefficient (Wildman–Crippen LogP) is 13.9. The second-order valence-corrected chi connectivity index (χ2v) is 51.1. The molecule has 0 aliphatic heterocycles. The minimum atomic E-state index is -5.27. The first kappa shape index (κ1) is 50.2. The summed E-state index contributed by atoms with van der Waals surface area (Å²) >= 11 is 0. The van der Waals surface area contributed by atoms with Gasteiger partial charge in [0.1, 0.15) is 0 Å². The molecule has 12 aromatic carbocycles. The third kappa shape index (κ3) is 6.09. The van der Waals surface area contributed by atoms with Gasteiger partial charge in [-0.3, -0.25) is 0 Å². The quantitative estimate of drug-likeness (QED) is 0.0898. The Morgan fingerprint density at radius 2 is 0.338 bits per heavy atom. The van der Waals surface area contributed by atoms with Crippen LogP contribution in [0.3, 0.4) is 0 Å². The van der Waals surface area contributed by atoms with Crippen molar-refractivity contribution in [3.8, 4) is 0 Å². The van der Waals surface area contributed by atoms with Crippen molar-refractivity contribution >= 4 is 88.9 Å². The monoisotopic (exact) mass is 1060 g/mol. The predicted molar refractivity (Wildman–Crippen MR) is 347 cm³/mol. The Balaban J connectivity index is 1.72. The normalized spacial score (nSPS) is 13.6. The van der Waals surface area contributed by atoms with Crippen LogP contribution in [0.15, 0.2) is 364 Å². The number of benzene rings is 12. The van der Waals surface area contributed by atoms with Gasteiger partial charge in [-0.25, -0.2) is 0 Å². The molecule has 0 amide bonds. The standard InChI is InChI=1S/C73H63P4/c1-75(65-44-20-5-21-45-65,66-46-22-6-23-47-66,67-48-24-7-25-49-67)77(71-56-32-11-33-57-71,72-58-34-12-35-59-72,73-60-36-13-37-61-73)76(68-50-26-8-27-51-68,69-52-28-9-29-53-69,70-54-30-10-31-55-70)74(62-38-14-2-15-39-62,63-40-16-3-17-41-63)64-42-18-4-19-43-64/h2-61H,1H3/q+1. The zero-order valence-electron chi connectivity index (χ0n) is 43.4. The zero-order valence-corrected chi connectivity index (χ0v) is 47.0. The number of hydrogen-bond donors (Lipinski definition) is 0. The Hall–Kier alpha value is -7.64. The molecule has 374 valence electrons. The molecule has 12 rings (SSSR count). The topological polar surface area (TPSA) is 0 Å². The van der Waals surface area contributed by atoms with Crippen molar-refractivity contribution in [1.82, 2.24) is 0 Å². The van der Waals surface area contributed by atoms with Gasteiger partial charge >= 0.3 is 460 Å². The summed E-state index contributed by atoms with van der Waals surface area (Å²) in [7, 11) is 0. The van der Waals surface area contributed by atoms with E-state index in [1.807, 2.05) is 0 Å². The van der Waals surface area contributed by atoms with Crippen LogP contribution in [-0.4, -0.2) is 6.66 Å². The molecule has 0 heterocycles. The molecular weight excluding hydrogens is 1000 g/mol. The van der Waals surface area contributed by atoms with Crippen LogP contribution in [0, 0.1) is 0 Å². The van der Waals surface area contributed by atoms with Gasteiger partial charge in [-0.1, -0.05) is 0 Å². The summed E-state index contributed by atoms with van der Waals surface area (Å²) in [6.07, 6.45) is -4.74. The zero-order chi connectivity index (χ0) is 52.2. The Morgan fingerprint density at radius 1 is 0.182 bits per heavy atom. The Labute approximate surface area is 456 Å². The molecule has 0 aliphatic carbocycles. The summed E-state index contributed by atoms with van der Waals surface area (Å²) in [5, 5.41) is 16.0. The summed E-state index contributed by atoms with van der Waals surface area (Å²) in [6, 6.07) is 145. The van der Waals surface area contributed by atoms with E-state index < -0.39 is 25.2 Å². The molecule has 77 heavy (non-hydrogen) atoms. The van der Waals surface area contributed by atoms with E-state index >= 15 is 0 Å². The molecule has 0 saturated heterocycles. The minimum absolute atomic E-state index is 1.32. The Bertz CT molecular complexity index is 3460. The number of rotatable bonds is 15. The molecule has 0 radical (unpaired) electrons. The van der Waals surface area contributed by atoms with E-state index in [4.69, 9.17) is 0 Å². The fourth-order valence-corrected chi connectivity index (χ4v) is 105. The van der Waals surface area contributed by atoms with E-state index in [0.717, 1.165) is 0 Å². The molecule has 4 heteroatoms. The first-order valence-electron chi connectivity index (χ1n) is 26.7. The fourth-order valence-electron chi connectivity index (χ4n) is 15.1. The third-order valence-corrected chi connectivity index (χ3v) is 78.0. The molecule has 0 unspecified atom stereocenters. The van der Waals surface area contributed by atoms with E-state index in [9.17, 15) is 0 Å². The molecule has 0 fully saturated rings. The van der Waals surface area contributed by atoms with Gasteiger partial charge in [0.25, 0.3) is 0 Å². The second-order valence-electron chi connectivity index (χ2n) is 20.2. The molecular formula is C73H63P4+. The molecule has 12 aromatic rings. The van der Waals surface area contributed by atoms with Crippen LogP contribution >= 0.6 is 25.2 Å². The summed E-state index contributed by atoms with van der Waals surface area (Å²) < 4.78 is 0. The summed E-state index contributed by atoms with van der Waals surface area (Å²) in [6.45, 7) is -0.690.